The lowest BCUT2D eigenvalue weighted by Gasteiger charge is -2.25. The van der Waals surface area contributed by atoms with E-state index >= 15 is 0 Å². The molecule has 0 radical (unpaired) electrons. The fourth-order valence-electron chi connectivity index (χ4n) is 3.37. The molecule has 2 amide bonds. The molecule has 0 aromatic carbocycles. The van der Waals surface area contributed by atoms with E-state index in [1.165, 1.54) is 5.69 Å². The van der Waals surface area contributed by atoms with Gasteiger partial charge in [0.1, 0.15) is 0 Å². The Morgan fingerprint density at radius 3 is 2.04 bits per heavy atom. The number of carbonyl (C=O) groups excluding carboxylic acids is 2. The van der Waals surface area contributed by atoms with Gasteiger partial charge in [0, 0.05) is 51.0 Å². The summed E-state index contributed by atoms with van der Waals surface area (Å²) in [5, 5.41) is 0. The van der Waals surface area contributed by atoms with Crippen molar-refractivity contribution in [1.29, 1.82) is 0 Å². The first-order valence-corrected chi connectivity index (χ1v) is 9.26. The van der Waals surface area contributed by atoms with Gasteiger partial charge in [0.2, 0.25) is 11.8 Å². The van der Waals surface area contributed by atoms with E-state index in [-0.39, 0.29) is 17.2 Å². The van der Waals surface area contributed by atoms with Crippen molar-refractivity contribution in [2.24, 2.45) is 12.5 Å². The average Bonchev–Trinajstić information content (AvgIpc) is 2.73. The lowest BCUT2D eigenvalue weighted by atomic mass is 9.91. The highest BCUT2D eigenvalue weighted by molar-refractivity contribution is 5.80. The fraction of sp³-hybridized carbons (Fsp3) is 0.700. The van der Waals surface area contributed by atoms with Crippen LogP contribution in [0.25, 0.3) is 0 Å². The second kappa shape index (κ2) is 7.63. The van der Waals surface area contributed by atoms with Crippen LogP contribution in [0.15, 0.2) is 6.07 Å². The van der Waals surface area contributed by atoms with E-state index in [0.717, 1.165) is 30.8 Å². The highest BCUT2D eigenvalue weighted by Crippen LogP contribution is 2.21. The van der Waals surface area contributed by atoms with Crippen LogP contribution in [0.3, 0.4) is 0 Å². The Labute approximate surface area is 152 Å². The summed E-state index contributed by atoms with van der Waals surface area (Å²) < 4.78 is 2.12. The number of aromatic nitrogens is 1. The van der Waals surface area contributed by atoms with Gasteiger partial charge in [-0.25, -0.2) is 0 Å². The smallest absolute Gasteiger partial charge is 0.227 e. The van der Waals surface area contributed by atoms with Crippen molar-refractivity contribution in [3.63, 3.8) is 0 Å². The van der Waals surface area contributed by atoms with Crippen LogP contribution in [0.4, 0.5) is 0 Å². The van der Waals surface area contributed by atoms with Gasteiger partial charge >= 0.3 is 0 Å². The van der Waals surface area contributed by atoms with Crippen LogP contribution in [0.1, 0.15) is 50.6 Å². The third-order valence-electron chi connectivity index (χ3n) is 5.10. The van der Waals surface area contributed by atoms with Crippen molar-refractivity contribution in [3.8, 4) is 0 Å². The maximum absolute atomic E-state index is 12.7. The minimum Gasteiger partial charge on any atom is -0.352 e. The molecular formula is C20H33N3O2. The third-order valence-corrected chi connectivity index (χ3v) is 5.10. The number of rotatable bonds is 3. The number of nitrogens with zero attached hydrogens (tertiary/aromatic N) is 3. The highest BCUT2D eigenvalue weighted by atomic mass is 16.2. The Balaban J connectivity index is 1.94. The first-order chi connectivity index (χ1) is 11.6. The van der Waals surface area contributed by atoms with E-state index in [9.17, 15) is 9.59 Å². The standard InChI is InChI=1S/C20H33N3O2/c1-15-12-17(16(2)21(15)6)13-18(24)22-8-7-9-23(11-10-22)19(25)14-20(3,4)5/h12H,7-11,13-14H2,1-6H3. The molecule has 140 valence electrons. The molecule has 0 N–H and O–H groups in total. The molecule has 1 saturated heterocycles. The van der Waals surface area contributed by atoms with E-state index in [4.69, 9.17) is 0 Å². The lowest BCUT2D eigenvalue weighted by Crippen LogP contribution is -2.38. The van der Waals surface area contributed by atoms with Crippen LogP contribution in [0.5, 0.6) is 0 Å². The van der Waals surface area contributed by atoms with Crippen molar-refractivity contribution in [2.45, 2.75) is 53.9 Å². The van der Waals surface area contributed by atoms with E-state index in [1.807, 2.05) is 16.8 Å². The van der Waals surface area contributed by atoms with E-state index < -0.39 is 0 Å². The van der Waals surface area contributed by atoms with Crippen LogP contribution >= 0.6 is 0 Å². The zero-order valence-electron chi connectivity index (χ0n) is 16.7. The predicted molar refractivity (Wildman–Crippen MR) is 100 cm³/mol. The summed E-state index contributed by atoms with van der Waals surface area (Å²) in [7, 11) is 2.03. The van der Waals surface area contributed by atoms with Gasteiger partial charge in [-0.3, -0.25) is 9.59 Å². The number of hydrogen-bond acceptors (Lipinski definition) is 2. The largest absolute Gasteiger partial charge is 0.352 e. The molecule has 1 aliphatic heterocycles. The van der Waals surface area contributed by atoms with Gasteiger partial charge in [-0.2, -0.15) is 0 Å². The maximum Gasteiger partial charge on any atom is 0.227 e. The SMILES string of the molecule is Cc1cc(CC(=O)N2CCCN(C(=O)CC(C)(C)C)CC2)c(C)n1C. The predicted octanol–water partition coefficient (Wildman–Crippen LogP) is 2.68. The minimum atomic E-state index is 0.00158. The van der Waals surface area contributed by atoms with Crippen molar-refractivity contribution < 1.29 is 9.59 Å². The van der Waals surface area contributed by atoms with E-state index in [0.29, 0.717) is 25.9 Å². The molecule has 2 heterocycles. The Hall–Kier alpha value is -1.78. The lowest BCUT2D eigenvalue weighted by molar-refractivity contribution is -0.134. The Bertz CT molecular complexity index is 640. The topological polar surface area (TPSA) is 45.6 Å². The molecule has 0 bridgehead atoms. The van der Waals surface area contributed by atoms with E-state index in [2.05, 4.69) is 45.3 Å². The fourth-order valence-corrected chi connectivity index (χ4v) is 3.37. The summed E-state index contributed by atoms with van der Waals surface area (Å²) in [4.78, 5) is 29.0. The first kappa shape index (κ1) is 19.5. The zero-order chi connectivity index (χ0) is 18.8. The monoisotopic (exact) mass is 347 g/mol. The quantitative estimate of drug-likeness (QED) is 0.844. The molecule has 5 nitrogen and oxygen atoms in total. The Kier molecular flexibility index (Phi) is 5.96. The van der Waals surface area contributed by atoms with Crippen LogP contribution < -0.4 is 0 Å². The van der Waals surface area contributed by atoms with Gasteiger partial charge in [0.05, 0.1) is 6.42 Å². The molecule has 0 atom stereocenters. The maximum atomic E-state index is 12.7. The van der Waals surface area contributed by atoms with Crippen molar-refractivity contribution >= 4 is 11.8 Å². The molecule has 1 aromatic heterocycles. The summed E-state index contributed by atoms with van der Waals surface area (Å²) in [6, 6.07) is 2.10. The van der Waals surface area contributed by atoms with Crippen LogP contribution in [0, 0.1) is 19.3 Å². The molecule has 0 saturated carbocycles. The van der Waals surface area contributed by atoms with Crippen LogP contribution in [-0.4, -0.2) is 52.4 Å². The third kappa shape index (κ3) is 5.10. The second-order valence-electron chi connectivity index (χ2n) is 8.48. The molecule has 1 fully saturated rings. The molecule has 0 aliphatic carbocycles. The highest BCUT2D eigenvalue weighted by Gasteiger charge is 2.25. The average molecular weight is 348 g/mol. The van der Waals surface area contributed by atoms with Crippen molar-refractivity contribution in [3.05, 3.63) is 23.0 Å². The zero-order valence-corrected chi connectivity index (χ0v) is 16.7. The molecular weight excluding hydrogens is 314 g/mol. The summed E-state index contributed by atoms with van der Waals surface area (Å²) in [5.74, 6) is 0.371. The van der Waals surface area contributed by atoms with Crippen molar-refractivity contribution in [1.82, 2.24) is 14.4 Å². The molecule has 25 heavy (non-hydrogen) atoms. The minimum absolute atomic E-state index is 0.00158. The molecule has 1 aliphatic rings. The first-order valence-electron chi connectivity index (χ1n) is 9.26. The molecule has 0 spiro atoms. The number of carbonyl (C=O) groups is 2. The summed E-state index contributed by atoms with van der Waals surface area (Å²) in [6.45, 7) is 13.2. The van der Waals surface area contributed by atoms with Gasteiger partial charge in [0.25, 0.3) is 0 Å². The molecule has 1 aromatic rings. The molecule has 2 rings (SSSR count). The molecule has 0 unspecified atom stereocenters. The summed E-state index contributed by atoms with van der Waals surface area (Å²) >= 11 is 0. The second-order valence-corrected chi connectivity index (χ2v) is 8.48. The van der Waals surface area contributed by atoms with Crippen LogP contribution in [-0.2, 0) is 23.1 Å². The van der Waals surface area contributed by atoms with Gasteiger partial charge in [-0.05, 0) is 37.3 Å². The Morgan fingerprint density at radius 2 is 1.56 bits per heavy atom. The van der Waals surface area contributed by atoms with Gasteiger partial charge in [-0.1, -0.05) is 20.8 Å². The number of hydrogen-bond donors (Lipinski definition) is 0. The van der Waals surface area contributed by atoms with Gasteiger partial charge in [-0.15, -0.1) is 0 Å². The Morgan fingerprint density at radius 1 is 1.00 bits per heavy atom. The van der Waals surface area contributed by atoms with Crippen LogP contribution in [0.2, 0.25) is 0 Å². The number of amides is 2. The normalized spacial score (nSPS) is 16.1. The van der Waals surface area contributed by atoms with Gasteiger partial charge < -0.3 is 14.4 Å². The van der Waals surface area contributed by atoms with Crippen molar-refractivity contribution in [2.75, 3.05) is 26.2 Å². The summed E-state index contributed by atoms with van der Waals surface area (Å²) in [6.07, 6.45) is 1.86. The molecule has 5 heteroatoms. The van der Waals surface area contributed by atoms with E-state index in [1.54, 1.807) is 0 Å². The summed E-state index contributed by atoms with van der Waals surface area (Å²) in [5.41, 5.74) is 3.44. The number of aryl methyl sites for hydroxylation is 1. The van der Waals surface area contributed by atoms with Gasteiger partial charge in [0.15, 0.2) is 0 Å².